The van der Waals surface area contributed by atoms with Crippen LogP contribution >= 0.6 is 0 Å². The maximum absolute atomic E-state index is 12.1. The summed E-state index contributed by atoms with van der Waals surface area (Å²) in [4.78, 5) is 23.7. The molecule has 0 aliphatic carbocycles. The van der Waals surface area contributed by atoms with Gasteiger partial charge in [-0.1, -0.05) is 6.07 Å². The fourth-order valence-electron chi connectivity index (χ4n) is 1.66. The lowest BCUT2D eigenvalue weighted by atomic mass is 10.2. The number of carbonyl (C=O) groups is 2. The van der Waals surface area contributed by atoms with Crippen molar-refractivity contribution in [3.63, 3.8) is 0 Å². The van der Waals surface area contributed by atoms with Crippen LogP contribution in [-0.2, 0) is 4.79 Å². The number of ether oxygens (including phenoxy) is 1. The summed E-state index contributed by atoms with van der Waals surface area (Å²) in [6, 6.07) is 4.34. The van der Waals surface area contributed by atoms with Crippen LogP contribution in [-0.4, -0.2) is 24.8 Å². The van der Waals surface area contributed by atoms with Crippen molar-refractivity contribution < 1.29 is 27.5 Å². The van der Waals surface area contributed by atoms with Gasteiger partial charge in [0.05, 0.1) is 0 Å². The second-order valence-corrected chi connectivity index (χ2v) is 3.80. The number of urea groups is 1. The van der Waals surface area contributed by atoms with E-state index < -0.39 is 24.1 Å². The molecule has 3 amide bonds. The molecule has 0 unspecified atom stereocenters. The largest absolute Gasteiger partial charge is 0.573 e. The summed E-state index contributed by atoms with van der Waals surface area (Å²) in [5.74, 6) is -0.835. The molecule has 1 aliphatic rings. The minimum absolute atomic E-state index is 0.0933. The maximum atomic E-state index is 12.1. The van der Waals surface area contributed by atoms with Gasteiger partial charge in [-0.05, 0) is 12.1 Å². The van der Waals surface area contributed by atoms with Crippen molar-refractivity contribution >= 4 is 17.6 Å². The molecule has 0 bridgehead atoms. The molecule has 1 aromatic carbocycles. The summed E-state index contributed by atoms with van der Waals surface area (Å²) in [5, 5.41) is 2.08. The van der Waals surface area contributed by atoms with Crippen LogP contribution in [0.5, 0.6) is 5.75 Å². The molecule has 1 heterocycles. The van der Waals surface area contributed by atoms with Gasteiger partial charge in [0.25, 0.3) is 0 Å². The van der Waals surface area contributed by atoms with Gasteiger partial charge < -0.3 is 4.74 Å². The van der Waals surface area contributed by atoms with Crippen LogP contribution in [0.25, 0.3) is 0 Å². The van der Waals surface area contributed by atoms with E-state index in [1.54, 1.807) is 0 Å². The molecule has 1 N–H and O–H groups in total. The van der Waals surface area contributed by atoms with Gasteiger partial charge >= 0.3 is 12.4 Å². The Kier molecular flexibility index (Phi) is 3.32. The number of rotatable bonds is 2. The zero-order chi connectivity index (χ0) is 14.0. The van der Waals surface area contributed by atoms with Crippen molar-refractivity contribution in [2.75, 3.05) is 11.4 Å². The molecule has 0 radical (unpaired) electrons. The van der Waals surface area contributed by atoms with E-state index >= 15 is 0 Å². The summed E-state index contributed by atoms with van der Waals surface area (Å²) in [6.07, 6.45) is -4.70. The summed E-state index contributed by atoms with van der Waals surface area (Å²) in [7, 11) is 0. The van der Waals surface area contributed by atoms with Crippen LogP contribution in [0.3, 0.4) is 0 Å². The van der Waals surface area contributed by atoms with E-state index in [-0.39, 0.29) is 18.7 Å². The van der Waals surface area contributed by atoms with Crippen molar-refractivity contribution in [3.8, 4) is 5.75 Å². The summed E-state index contributed by atoms with van der Waals surface area (Å²) in [6.45, 7) is 0.111. The highest BCUT2D eigenvalue weighted by atomic mass is 19.4. The third-order valence-electron chi connectivity index (χ3n) is 2.42. The molecule has 1 fully saturated rings. The highest BCUT2D eigenvalue weighted by Crippen LogP contribution is 2.27. The number of hydrogen-bond donors (Lipinski definition) is 1. The van der Waals surface area contributed by atoms with E-state index in [9.17, 15) is 22.8 Å². The van der Waals surface area contributed by atoms with E-state index in [4.69, 9.17) is 0 Å². The van der Waals surface area contributed by atoms with Gasteiger partial charge in [-0.3, -0.25) is 15.0 Å². The highest BCUT2D eigenvalue weighted by Gasteiger charge is 2.31. The average Bonchev–Trinajstić information content (AvgIpc) is 2.26. The third kappa shape index (κ3) is 3.36. The van der Waals surface area contributed by atoms with Crippen LogP contribution in [0.2, 0.25) is 0 Å². The Labute approximate surface area is 105 Å². The normalized spacial score (nSPS) is 16.3. The lowest BCUT2D eigenvalue weighted by molar-refractivity contribution is -0.274. The molecule has 2 rings (SSSR count). The molecular formula is C11H9F3N2O3. The van der Waals surface area contributed by atoms with Crippen molar-refractivity contribution in [1.29, 1.82) is 0 Å². The molecule has 19 heavy (non-hydrogen) atoms. The number of benzene rings is 1. The first-order valence-corrected chi connectivity index (χ1v) is 5.32. The molecule has 0 aromatic heterocycles. The first-order valence-electron chi connectivity index (χ1n) is 5.32. The molecule has 8 heteroatoms. The van der Waals surface area contributed by atoms with Gasteiger partial charge in [0, 0.05) is 24.7 Å². The van der Waals surface area contributed by atoms with Crippen LogP contribution in [0, 0.1) is 0 Å². The molecule has 1 aliphatic heterocycles. The average molecular weight is 274 g/mol. The summed E-state index contributed by atoms with van der Waals surface area (Å²) >= 11 is 0. The van der Waals surface area contributed by atoms with Crippen molar-refractivity contribution in [1.82, 2.24) is 5.32 Å². The lowest BCUT2D eigenvalue weighted by Gasteiger charge is -2.26. The van der Waals surface area contributed by atoms with Crippen LogP contribution in [0.15, 0.2) is 24.3 Å². The number of nitrogens with zero attached hydrogens (tertiary/aromatic N) is 1. The number of alkyl halides is 3. The van der Waals surface area contributed by atoms with E-state index in [0.717, 1.165) is 12.1 Å². The Bertz CT molecular complexity index is 516. The third-order valence-corrected chi connectivity index (χ3v) is 2.42. The molecule has 5 nitrogen and oxygen atoms in total. The SMILES string of the molecule is O=C1CCN(c2cccc(OC(F)(F)F)c2)C(=O)N1. The van der Waals surface area contributed by atoms with Gasteiger partial charge in [-0.25, -0.2) is 4.79 Å². The van der Waals surface area contributed by atoms with Crippen LogP contribution < -0.4 is 15.0 Å². The second kappa shape index (κ2) is 4.79. The minimum Gasteiger partial charge on any atom is -0.406 e. The van der Waals surface area contributed by atoms with Crippen molar-refractivity contribution in [3.05, 3.63) is 24.3 Å². The monoisotopic (exact) mass is 274 g/mol. The minimum atomic E-state index is -4.79. The fourth-order valence-corrected chi connectivity index (χ4v) is 1.66. The number of nitrogens with one attached hydrogen (secondary N) is 1. The van der Waals surface area contributed by atoms with Crippen molar-refractivity contribution in [2.45, 2.75) is 12.8 Å². The molecule has 0 atom stereocenters. The number of anilines is 1. The molecule has 0 spiro atoms. The fraction of sp³-hybridized carbons (Fsp3) is 0.273. The van der Waals surface area contributed by atoms with Gasteiger partial charge in [-0.2, -0.15) is 0 Å². The van der Waals surface area contributed by atoms with Crippen LogP contribution in [0.4, 0.5) is 23.7 Å². The Morgan fingerprint density at radius 2 is 2.00 bits per heavy atom. The Morgan fingerprint density at radius 1 is 1.26 bits per heavy atom. The van der Waals surface area contributed by atoms with Gasteiger partial charge in [0.15, 0.2) is 0 Å². The van der Waals surface area contributed by atoms with E-state index in [1.807, 2.05) is 0 Å². The lowest BCUT2D eigenvalue weighted by Crippen LogP contribution is -2.49. The standard InChI is InChI=1S/C11H9F3N2O3/c12-11(13,14)19-8-3-1-2-7(6-8)16-5-4-9(17)15-10(16)18/h1-3,6H,4-5H2,(H,15,17,18). The van der Waals surface area contributed by atoms with Gasteiger partial charge in [0.2, 0.25) is 5.91 Å². The van der Waals surface area contributed by atoms with E-state index in [0.29, 0.717) is 0 Å². The Hall–Kier alpha value is -2.25. The zero-order valence-electron chi connectivity index (χ0n) is 9.53. The van der Waals surface area contributed by atoms with Crippen molar-refractivity contribution in [2.24, 2.45) is 0 Å². The zero-order valence-corrected chi connectivity index (χ0v) is 9.53. The molecule has 102 valence electrons. The Balaban J connectivity index is 2.19. The number of halogens is 3. The smallest absolute Gasteiger partial charge is 0.406 e. The molecule has 1 saturated heterocycles. The molecular weight excluding hydrogens is 265 g/mol. The second-order valence-electron chi connectivity index (χ2n) is 3.80. The first-order chi connectivity index (χ1) is 8.85. The van der Waals surface area contributed by atoms with Crippen LogP contribution in [0.1, 0.15) is 6.42 Å². The quantitative estimate of drug-likeness (QED) is 0.897. The van der Waals surface area contributed by atoms with E-state index in [2.05, 4.69) is 10.1 Å². The van der Waals surface area contributed by atoms with Gasteiger partial charge in [-0.15, -0.1) is 13.2 Å². The predicted octanol–water partition coefficient (Wildman–Crippen LogP) is 2.03. The van der Waals surface area contributed by atoms with Gasteiger partial charge in [0.1, 0.15) is 5.75 Å². The Morgan fingerprint density at radius 3 is 2.63 bits per heavy atom. The number of carbonyl (C=O) groups excluding carboxylic acids is 2. The number of imide groups is 1. The van der Waals surface area contributed by atoms with E-state index in [1.165, 1.54) is 17.0 Å². The predicted molar refractivity (Wildman–Crippen MR) is 58.6 cm³/mol. The molecule has 0 saturated carbocycles. The number of hydrogen-bond acceptors (Lipinski definition) is 3. The molecule has 1 aromatic rings. The topological polar surface area (TPSA) is 58.6 Å². The summed E-state index contributed by atoms with van der Waals surface area (Å²) in [5.41, 5.74) is 0.228. The maximum Gasteiger partial charge on any atom is 0.573 e. The highest BCUT2D eigenvalue weighted by molar-refractivity contribution is 6.05. The first kappa shape index (κ1) is 13.2. The number of amides is 3. The summed E-state index contributed by atoms with van der Waals surface area (Å²) < 4.78 is 40.0.